The number of nitrogens with one attached hydrogen (secondary N) is 1. The summed E-state index contributed by atoms with van der Waals surface area (Å²) in [7, 11) is 0. The van der Waals surface area contributed by atoms with E-state index >= 15 is 0 Å². The summed E-state index contributed by atoms with van der Waals surface area (Å²) < 4.78 is 11.0. The van der Waals surface area contributed by atoms with Crippen molar-refractivity contribution in [2.45, 2.75) is 26.7 Å². The van der Waals surface area contributed by atoms with Crippen LogP contribution in [0.25, 0.3) is 22.9 Å². The van der Waals surface area contributed by atoms with Crippen molar-refractivity contribution in [1.82, 2.24) is 20.2 Å². The number of ketones is 2. The Morgan fingerprint density at radius 3 is 1.97 bits per heavy atom. The highest BCUT2D eigenvalue weighted by Gasteiger charge is 2.31. The van der Waals surface area contributed by atoms with Crippen LogP contribution >= 0.6 is 0 Å². The first kappa shape index (κ1) is 21.7. The lowest BCUT2D eigenvalue weighted by molar-refractivity contribution is 0.0970. The number of rotatable bonds is 10. The predicted octanol–water partition coefficient (Wildman–Crippen LogP) is 3.97. The van der Waals surface area contributed by atoms with Crippen LogP contribution in [-0.2, 0) is 0 Å². The summed E-state index contributed by atoms with van der Waals surface area (Å²) in [6.45, 7) is 7.63. The van der Waals surface area contributed by atoms with Crippen molar-refractivity contribution in [3.63, 3.8) is 0 Å². The Bertz CT molecular complexity index is 1110. The fraction of sp³-hybridized carbons (Fsp3) is 0.333. The molecule has 1 aliphatic carbocycles. The third-order valence-corrected chi connectivity index (χ3v) is 5.20. The second-order valence-electron chi connectivity index (χ2n) is 7.59. The molecule has 4 rings (SSSR count). The summed E-state index contributed by atoms with van der Waals surface area (Å²) in [5.41, 5.74) is 0.968. The maximum atomic E-state index is 13.2. The van der Waals surface area contributed by atoms with Crippen molar-refractivity contribution in [2.75, 3.05) is 26.2 Å². The van der Waals surface area contributed by atoms with Crippen molar-refractivity contribution < 1.29 is 18.4 Å². The van der Waals surface area contributed by atoms with Crippen molar-refractivity contribution in [3.8, 4) is 22.9 Å². The quantitative estimate of drug-likeness (QED) is 0.511. The third-order valence-electron chi connectivity index (χ3n) is 5.20. The molecule has 0 fully saturated rings. The molecule has 0 radical (unpaired) electrons. The number of hydrogen-bond acceptors (Lipinski definition) is 8. The number of allylic oxidation sites excluding steroid dienone is 2. The second kappa shape index (κ2) is 9.74. The molecule has 32 heavy (non-hydrogen) atoms. The van der Waals surface area contributed by atoms with Gasteiger partial charge in [0, 0.05) is 19.2 Å². The van der Waals surface area contributed by atoms with E-state index in [2.05, 4.69) is 34.0 Å². The largest absolute Gasteiger partial charge is 0.463 e. The van der Waals surface area contributed by atoms with E-state index in [1.165, 1.54) is 18.6 Å². The zero-order chi connectivity index (χ0) is 22.5. The van der Waals surface area contributed by atoms with Crippen LogP contribution in [0.3, 0.4) is 0 Å². The van der Waals surface area contributed by atoms with Crippen LogP contribution in [0.15, 0.2) is 57.4 Å². The van der Waals surface area contributed by atoms with E-state index in [1.807, 2.05) is 0 Å². The Kier molecular flexibility index (Phi) is 6.61. The molecule has 0 saturated carbocycles. The summed E-state index contributed by atoms with van der Waals surface area (Å²) in [6.07, 6.45) is 6.47. The molecule has 0 aliphatic heterocycles. The number of Topliss-reactive ketones (excluding diaryl/α,β-unsaturated/α-hetero) is 1. The summed E-state index contributed by atoms with van der Waals surface area (Å²) in [6, 6.07) is 6.89. The molecule has 8 heteroatoms. The van der Waals surface area contributed by atoms with Gasteiger partial charge in [-0.15, -0.1) is 0 Å². The number of fused-ring (bicyclic) bond motifs is 1. The van der Waals surface area contributed by atoms with Gasteiger partial charge in [-0.3, -0.25) is 9.59 Å². The van der Waals surface area contributed by atoms with Gasteiger partial charge < -0.3 is 19.1 Å². The van der Waals surface area contributed by atoms with Crippen LogP contribution in [-0.4, -0.2) is 52.6 Å². The van der Waals surface area contributed by atoms with Gasteiger partial charge in [0.05, 0.1) is 18.2 Å². The first-order chi connectivity index (χ1) is 15.6. The second-order valence-corrected chi connectivity index (χ2v) is 7.59. The third kappa shape index (κ3) is 4.40. The normalized spacial score (nSPS) is 13.4. The lowest BCUT2D eigenvalue weighted by Crippen LogP contribution is -2.36. The highest BCUT2D eigenvalue weighted by atomic mass is 16.3. The molecule has 0 unspecified atom stereocenters. The predicted molar refractivity (Wildman–Crippen MR) is 119 cm³/mol. The highest BCUT2D eigenvalue weighted by molar-refractivity contribution is 6.23. The lowest BCUT2D eigenvalue weighted by Gasteiger charge is -2.22. The molecule has 0 spiro atoms. The average molecular weight is 434 g/mol. The van der Waals surface area contributed by atoms with E-state index in [1.54, 1.807) is 24.3 Å². The van der Waals surface area contributed by atoms with E-state index < -0.39 is 0 Å². The van der Waals surface area contributed by atoms with E-state index in [0.717, 1.165) is 32.5 Å². The number of nitrogens with zero attached hydrogens (tertiary/aromatic N) is 3. The molecule has 166 valence electrons. The summed E-state index contributed by atoms with van der Waals surface area (Å²) >= 11 is 0. The van der Waals surface area contributed by atoms with Crippen LogP contribution < -0.4 is 5.32 Å². The maximum Gasteiger partial charge on any atom is 0.229 e. The number of carbonyl (C=O) groups excluding carboxylic acids is 2. The molecule has 1 N–H and O–H groups in total. The van der Waals surface area contributed by atoms with Crippen molar-refractivity contribution in [2.24, 2.45) is 0 Å². The standard InChI is InChI=1S/C24H26N4O4/c1-3-10-28(11-4-2)12-9-25-16-15-17(29)20-23(24(16)30)27-22(19-8-6-14-32-19)21(26-20)18-7-5-13-31-18/h5-8,13-15,25H,3-4,9-12H2,1-2H3. The average Bonchev–Trinajstić information content (AvgIpc) is 3.51. The molecule has 3 aromatic rings. The molecule has 0 atom stereocenters. The van der Waals surface area contributed by atoms with Crippen LogP contribution in [0.2, 0.25) is 0 Å². The van der Waals surface area contributed by atoms with Gasteiger partial charge in [-0.1, -0.05) is 13.8 Å². The van der Waals surface area contributed by atoms with Gasteiger partial charge in [0.1, 0.15) is 22.8 Å². The highest BCUT2D eigenvalue weighted by Crippen LogP contribution is 2.32. The molecule has 3 aromatic heterocycles. The van der Waals surface area contributed by atoms with Gasteiger partial charge in [0.25, 0.3) is 0 Å². The molecule has 0 amide bonds. The Morgan fingerprint density at radius 2 is 1.44 bits per heavy atom. The molecule has 3 heterocycles. The van der Waals surface area contributed by atoms with Gasteiger partial charge in [-0.25, -0.2) is 9.97 Å². The lowest BCUT2D eigenvalue weighted by atomic mass is 10.0. The van der Waals surface area contributed by atoms with Crippen LogP contribution in [0.4, 0.5) is 0 Å². The Balaban J connectivity index is 1.62. The molecule has 0 bridgehead atoms. The molecule has 0 aromatic carbocycles. The number of carbonyl (C=O) groups is 2. The molecule has 1 aliphatic rings. The number of hydrogen-bond donors (Lipinski definition) is 1. The van der Waals surface area contributed by atoms with Gasteiger partial charge >= 0.3 is 0 Å². The topological polar surface area (TPSA) is 101 Å². The Morgan fingerprint density at radius 1 is 0.844 bits per heavy atom. The molecular formula is C24H26N4O4. The smallest absolute Gasteiger partial charge is 0.229 e. The van der Waals surface area contributed by atoms with E-state index in [0.29, 0.717) is 29.5 Å². The maximum absolute atomic E-state index is 13.2. The first-order valence-electron chi connectivity index (χ1n) is 10.9. The number of aromatic nitrogens is 2. The van der Waals surface area contributed by atoms with Gasteiger partial charge in [0.2, 0.25) is 11.6 Å². The minimum atomic E-state index is -0.368. The minimum Gasteiger partial charge on any atom is -0.463 e. The molecular weight excluding hydrogens is 408 g/mol. The van der Waals surface area contributed by atoms with Crippen molar-refractivity contribution in [1.29, 1.82) is 0 Å². The first-order valence-corrected chi connectivity index (χ1v) is 10.9. The zero-order valence-electron chi connectivity index (χ0n) is 18.3. The fourth-order valence-electron chi connectivity index (χ4n) is 3.78. The Hall–Kier alpha value is -3.52. The zero-order valence-corrected chi connectivity index (χ0v) is 18.3. The van der Waals surface area contributed by atoms with Gasteiger partial charge in [0.15, 0.2) is 11.5 Å². The van der Waals surface area contributed by atoms with Crippen LogP contribution in [0.1, 0.15) is 47.7 Å². The summed E-state index contributed by atoms with van der Waals surface area (Å²) in [4.78, 5) is 37.3. The Labute approximate surface area is 186 Å². The van der Waals surface area contributed by atoms with Gasteiger partial charge in [-0.05, 0) is 50.2 Å². The van der Waals surface area contributed by atoms with Gasteiger partial charge in [-0.2, -0.15) is 0 Å². The van der Waals surface area contributed by atoms with Crippen molar-refractivity contribution >= 4 is 11.6 Å². The molecule has 8 nitrogen and oxygen atoms in total. The summed E-state index contributed by atoms with van der Waals surface area (Å²) in [5.74, 6) is 0.147. The van der Waals surface area contributed by atoms with Crippen LogP contribution in [0.5, 0.6) is 0 Å². The molecule has 0 saturated heterocycles. The summed E-state index contributed by atoms with van der Waals surface area (Å²) in [5, 5.41) is 3.13. The van der Waals surface area contributed by atoms with Crippen LogP contribution in [0, 0.1) is 0 Å². The SMILES string of the molecule is CCCN(CCC)CCNC1=CC(=O)c2nc(-c3ccco3)c(-c3ccco3)nc2C1=O. The number of furan rings is 2. The van der Waals surface area contributed by atoms with E-state index in [-0.39, 0.29) is 28.7 Å². The monoisotopic (exact) mass is 434 g/mol. The minimum absolute atomic E-state index is 0.0145. The van der Waals surface area contributed by atoms with E-state index in [9.17, 15) is 9.59 Å². The van der Waals surface area contributed by atoms with E-state index in [4.69, 9.17) is 8.83 Å². The van der Waals surface area contributed by atoms with Crippen molar-refractivity contribution in [3.05, 3.63) is 60.0 Å². The fourth-order valence-corrected chi connectivity index (χ4v) is 3.78.